The Morgan fingerprint density at radius 1 is 1.00 bits per heavy atom. The quantitative estimate of drug-likeness (QED) is 0.308. The predicted molar refractivity (Wildman–Crippen MR) is 145 cm³/mol. The zero-order valence-corrected chi connectivity index (χ0v) is 22.2. The van der Waals surface area contributed by atoms with E-state index in [1.54, 1.807) is 18.7 Å². The van der Waals surface area contributed by atoms with Gasteiger partial charge in [0.05, 0.1) is 16.9 Å². The highest BCUT2D eigenvalue weighted by atomic mass is 19.4. The predicted octanol–water partition coefficient (Wildman–Crippen LogP) is 5.05. The van der Waals surface area contributed by atoms with Crippen molar-refractivity contribution < 1.29 is 27.2 Å². The van der Waals surface area contributed by atoms with Gasteiger partial charge in [0, 0.05) is 30.1 Å². The number of anilines is 1. The van der Waals surface area contributed by atoms with Crippen molar-refractivity contribution >= 4 is 17.6 Å². The molecule has 1 aliphatic rings. The van der Waals surface area contributed by atoms with E-state index in [1.165, 1.54) is 35.2 Å². The summed E-state index contributed by atoms with van der Waals surface area (Å²) >= 11 is 0. The Morgan fingerprint density at radius 2 is 1.71 bits per heavy atom. The number of benzene rings is 3. The zero-order chi connectivity index (χ0) is 29.3. The van der Waals surface area contributed by atoms with Crippen LogP contribution in [0.2, 0.25) is 0 Å². The van der Waals surface area contributed by atoms with Crippen LogP contribution in [0.5, 0.6) is 0 Å². The van der Waals surface area contributed by atoms with Crippen molar-refractivity contribution in [2.45, 2.75) is 31.6 Å². The highest BCUT2D eigenvalue weighted by Crippen LogP contribution is 2.43. The Labute approximate surface area is 233 Å². The molecule has 0 saturated heterocycles. The van der Waals surface area contributed by atoms with E-state index in [1.807, 2.05) is 30.3 Å². The van der Waals surface area contributed by atoms with Crippen molar-refractivity contribution in [2.24, 2.45) is 0 Å². The van der Waals surface area contributed by atoms with Crippen LogP contribution in [0, 0.1) is 5.82 Å². The second kappa shape index (κ2) is 11.2. The molecule has 0 bridgehead atoms. The number of halogens is 4. The largest absolute Gasteiger partial charge is 0.416 e. The molecule has 41 heavy (non-hydrogen) atoms. The lowest BCUT2D eigenvalue weighted by Crippen LogP contribution is -2.55. The molecule has 0 unspecified atom stereocenters. The fourth-order valence-electron chi connectivity index (χ4n) is 5.21. The number of aromatic nitrogens is 2. The summed E-state index contributed by atoms with van der Waals surface area (Å²) in [5, 5.41) is 10.6. The number of hydrogen-bond acceptors (Lipinski definition) is 4. The molecule has 0 aliphatic carbocycles. The van der Waals surface area contributed by atoms with Crippen LogP contribution in [0.3, 0.4) is 0 Å². The van der Waals surface area contributed by atoms with Gasteiger partial charge in [-0.2, -0.15) is 18.3 Å². The molecule has 11 heteroatoms. The second-order valence-electron chi connectivity index (χ2n) is 9.60. The van der Waals surface area contributed by atoms with E-state index < -0.39 is 41.3 Å². The summed E-state index contributed by atoms with van der Waals surface area (Å²) in [5.74, 6) is -2.09. The number of carbonyl (C=O) groups excluding carboxylic acids is 2. The number of para-hydroxylation sites is 1. The Hall–Kier alpha value is -4.51. The zero-order valence-electron chi connectivity index (χ0n) is 22.2. The average molecular weight is 566 g/mol. The summed E-state index contributed by atoms with van der Waals surface area (Å²) in [6, 6.07) is 17.6. The van der Waals surface area contributed by atoms with Gasteiger partial charge in [-0.15, -0.1) is 0 Å². The number of rotatable bonds is 7. The molecular weight excluding hydrogens is 538 g/mol. The van der Waals surface area contributed by atoms with Crippen molar-refractivity contribution in [1.29, 1.82) is 0 Å². The Kier molecular flexibility index (Phi) is 7.63. The number of nitrogens with zero attached hydrogens (tertiary/aromatic N) is 3. The number of alkyl halides is 3. The molecule has 3 aromatic carbocycles. The van der Waals surface area contributed by atoms with Crippen LogP contribution in [-0.2, 0) is 17.5 Å². The third kappa shape index (κ3) is 5.32. The smallest absolute Gasteiger partial charge is 0.339 e. The Bertz CT molecular complexity index is 1570. The molecule has 5 rings (SSSR count). The van der Waals surface area contributed by atoms with Crippen molar-refractivity contribution in [3.63, 3.8) is 0 Å². The minimum Gasteiger partial charge on any atom is -0.339 e. The van der Waals surface area contributed by atoms with Crippen molar-refractivity contribution in [1.82, 2.24) is 20.4 Å². The fraction of sp³-hybridized carbons (Fsp3) is 0.233. The number of hydrogen-bond donors (Lipinski definition) is 2. The van der Waals surface area contributed by atoms with Crippen molar-refractivity contribution in [3.8, 4) is 5.69 Å². The van der Waals surface area contributed by atoms with Gasteiger partial charge in [-0.25, -0.2) is 9.07 Å². The molecule has 4 aromatic rings. The SMILES string of the molecule is CCN1C(=O)[C@@H](NC(=O)c2cccc(C(F)(F)F)c2)[C@@H](c2ccc(F)cc2)c2c(CNC)nn(-c3ccccc3)c21. The maximum atomic E-state index is 14.1. The molecule has 7 nitrogen and oxygen atoms in total. The second-order valence-corrected chi connectivity index (χ2v) is 9.60. The van der Waals surface area contributed by atoms with Gasteiger partial charge in [0.1, 0.15) is 17.7 Å². The molecule has 2 heterocycles. The lowest BCUT2D eigenvalue weighted by Gasteiger charge is -2.38. The van der Waals surface area contributed by atoms with Gasteiger partial charge >= 0.3 is 6.18 Å². The summed E-state index contributed by atoms with van der Waals surface area (Å²) in [6.45, 7) is 2.33. The first-order valence-corrected chi connectivity index (χ1v) is 13.0. The Morgan fingerprint density at radius 3 is 2.34 bits per heavy atom. The highest BCUT2D eigenvalue weighted by Gasteiger charge is 2.46. The minimum absolute atomic E-state index is 0.232. The summed E-state index contributed by atoms with van der Waals surface area (Å²) in [6.07, 6.45) is -4.64. The highest BCUT2D eigenvalue weighted by molar-refractivity contribution is 6.05. The summed E-state index contributed by atoms with van der Waals surface area (Å²) < 4.78 is 55.7. The maximum absolute atomic E-state index is 14.1. The number of carbonyl (C=O) groups is 2. The summed E-state index contributed by atoms with van der Waals surface area (Å²) in [5.41, 5.74) is 1.27. The van der Waals surface area contributed by atoms with E-state index in [9.17, 15) is 27.2 Å². The maximum Gasteiger partial charge on any atom is 0.416 e. The van der Waals surface area contributed by atoms with Crippen LogP contribution in [0.1, 0.15) is 45.6 Å². The van der Waals surface area contributed by atoms with Crippen LogP contribution in [0.15, 0.2) is 78.9 Å². The molecule has 2 N–H and O–H groups in total. The van der Waals surface area contributed by atoms with Gasteiger partial charge in [-0.1, -0.05) is 36.4 Å². The monoisotopic (exact) mass is 565 g/mol. The molecule has 0 fully saturated rings. The third-order valence-electron chi connectivity index (χ3n) is 7.03. The van der Waals surface area contributed by atoms with Crippen LogP contribution < -0.4 is 15.5 Å². The molecular formula is C30H27F4N5O2. The van der Waals surface area contributed by atoms with E-state index in [0.717, 1.165) is 18.2 Å². The van der Waals surface area contributed by atoms with Crippen LogP contribution in [0.25, 0.3) is 5.69 Å². The van der Waals surface area contributed by atoms with Crippen molar-refractivity contribution in [3.05, 3.63) is 113 Å². The number of likely N-dealkylation sites (N-methyl/N-ethyl adjacent to an activating group) is 1. The fourth-order valence-corrected chi connectivity index (χ4v) is 5.21. The normalized spacial score (nSPS) is 16.9. The standard InChI is InChI=1S/C30H27F4N5O2/c1-3-38-28-25(23(17-35-2)37-39(28)22-10-5-4-6-11-22)24(18-12-14-21(31)15-13-18)26(29(38)41)36-27(40)19-8-7-9-20(16-19)30(32,33)34/h4-16,24,26,35H,3,17H2,1-2H3,(H,36,40)/t24-,26-/m0/s1. The minimum atomic E-state index is -4.64. The van der Waals surface area contributed by atoms with E-state index in [4.69, 9.17) is 5.10 Å². The molecule has 0 spiro atoms. The Balaban J connectivity index is 1.68. The number of fused-ring (bicyclic) bond motifs is 1. The van der Waals surface area contributed by atoms with Crippen LogP contribution >= 0.6 is 0 Å². The molecule has 212 valence electrons. The number of amides is 2. The average Bonchev–Trinajstić information content (AvgIpc) is 3.33. The topological polar surface area (TPSA) is 79.3 Å². The first-order chi connectivity index (χ1) is 19.6. The van der Waals surface area contributed by atoms with Crippen LogP contribution in [-0.4, -0.2) is 41.2 Å². The molecule has 2 atom stereocenters. The van der Waals surface area contributed by atoms with Gasteiger partial charge in [0.15, 0.2) is 0 Å². The third-order valence-corrected chi connectivity index (χ3v) is 7.03. The van der Waals surface area contributed by atoms with Gasteiger partial charge in [0.2, 0.25) is 0 Å². The molecule has 0 radical (unpaired) electrons. The van der Waals surface area contributed by atoms with Gasteiger partial charge in [-0.05, 0) is 62.0 Å². The summed E-state index contributed by atoms with van der Waals surface area (Å²) in [7, 11) is 1.75. The lowest BCUT2D eigenvalue weighted by atomic mass is 9.80. The number of nitrogens with one attached hydrogen (secondary N) is 2. The van der Waals surface area contributed by atoms with Gasteiger partial charge < -0.3 is 10.6 Å². The van der Waals surface area contributed by atoms with E-state index >= 15 is 0 Å². The van der Waals surface area contributed by atoms with Crippen molar-refractivity contribution in [2.75, 3.05) is 18.5 Å². The van der Waals surface area contributed by atoms with Gasteiger partial charge in [0.25, 0.3) is 11.8 Å². The molecule has 2 amide bonds. The summed E-state index contributed by atoms with van der Waals surface area (Å²) in [4.78, 5) is 29.0. The van der Waals surface area contributed by atoms with E-state index in [0.29, 0.717) is 34.9 Å². The van der Waals surface area contributed by atoms with E-state index in [-0.39, 0.29) is 12.1 Å². The van der Waals surface area contributed by atoms with Gasteiger partial charge in [-0.3, -0.25) is 14.5 Å². The molecule has 1 aliphatic heterocycles. The first kappa shape index (κ1) is 28.0. The molecule has 0 saturated carbocycles. The first-order valence-electron chi connectivity index (χ1n) is 13.0. The lowest BCUT2D eigenvalue weighted by molar-refractivity contribution is -0.137. The van der Waals surface area contributed by atoms with Crippen LogP contribution in [0.4, 0.5) is 23.4 Å². The molecule has 1 aromatic heterocycles. The van der Waals surface area contributed by atoms with E-state index in [2.05, 4.69) is 10.6 Å².